The third kappa shape index (κ3) is 3.64. The lowest BCUT2D eigenvalue weighted by Crippen LogP contribution is -2.31. The van der Waals surface area contributed by atoms with Crippen molar-refractivity contribution in [1.29, 1.82) is 0 Å². The number of hydrogen-bond donors (Lipinski definition) is 2. The van der Waals surface area contributed by atoms with E-state index in [4.69, 9.17) is 11.6 Å². The first kappa shape index (κ1) is 21.5. The Kier molecular flexibility index (Phi) is 5.48. The van der Waals surface area contributed by atoms with Crippen LogP contribution in [0.2, 0.25) is 5.02 Å². The minimum atomic E-state index is -0.0732. The summed E-state index contributed by atoms with van der Waals surface area (Å²) in [6, 6.07) is 17.9. The molecule has 172 valence electrons. The number of nitrogens with one attached hydrogen (secondary N) is 2. The van der Waals surface area contributed by atoms with Crippen molar-refractivity contribution in [2.45, 2.75) is 38.9 Å². The third-order valence-electron chi connectivity index (χ3n) is 6.74. The van der Waals surface area contributed by atoms with Crippen molar-refractivity contribution in [3.05, 3.63) is 98.4 Å². The van der Waals surface area contributed by atoms with Crippen LogP contribution < -0.4 is 10.6 Å². The van der Waals surface area contributed by atoms with Gasteiger partial charge in [-0.3, -0.25) is 14.7 Å². The minimum absolute atomic E-state index is 0.0631. The van der Waals surface area contributed by atoms with Crippen LogP contribution in [0.3, 0.4) is 0 Å². The lowest BCUT2D eigenvalue weighted by molar-refractivity contribution is -0.124. The fraction of sp³-hybridized carbons (Fsp3) is 0.269. The molecule has 6 nitrogen and oxygen atoms in total. The summed E-state index contributed by atoms with van der Waals surface area (Å²) in [7, 11) is 0. The third-order valence-corrected chi connectivity index (χ3v) is 8.34. The van der Waals surface area contributed by atoms with Crippen LogP contribution in [-0.4, -0.2) is 20.7 Å². The summed E-state index contributed by atoms with van der Waals surface area (Å²) < 4.78 is 2.16. The van der Waals surface area contributed by atoms with Gasteiger partial charge in [-0.25, -0.2) is 0 Å². The van der Waals surface area contributed by atoms with Crippen LogP contribution in [0.25, 0.3) is 5.00 Å². The average Bonchev–Trinajstić information content (AvgIpc) is 3.49. The van der Waals surface area contributed by atoms with Crippen LogP contribution in [0.4, 0.5) is 0 Å². The number of aromatic nitrogens is 3. The molecule has 0 bridgehead atoms. The Balaban J connectivity index is 1.35. The maximum absolute atomic E-state index is 13.1. The van der Waals surface area contributed by atoms with E-state index in [1.807, 2.05) is 55.5 Å². The second-order valence-corrected chi connectivity index (χ2v) is 10.4. The molecule has 1 aliphatic heterocycles. The second kappa shape index (κ2) is 8.65. The van der Waals surface area contributed by atoms with Gasteiger partial charge >= 0.3 is 0 Å². The van der Waals surface area contributed by atoms with Crippen molar-refractivity contribution < 1.29 is 4.79 Å². The highest BCUT2D eigenvalue weighted by Crippen LogP contribution is 2.46. The van der Waals surface area contributed by atoms with Gasteiger partial charge < -0.3 is 5.32 Å². The smallest absolute Gasteiger partial charge is 0.224 e. The second-order valence-electron chi connectivity index (χ2n) is 8.87. The summed E-state index contributed by atoms with van der Waals surface area (Å²) in [6.45, 7) is 3.13. The molecule has 0 spiro atoms. The first-order chi connectivity index (χ1) is 16.6. The van der Waals surface area contributed by atoms with Gasteiger partial charge in [0.05, 0.1) is 12.6 Å². The van der Waals surface area contributed by atoms with E-state index in [2.05, 4.69) is 31.5 Å². The number of fused-ring (bicyclic) bond motifs is 5. The first-order valence-electron chi connectivity index (χ1n) is 11.4. The Labute approximate surface area is 207 Å². The fourth-order valence-corrected chi connectivity index (χ4v) is 6.84. The molecule has 8 heteroatoms. The van der Waals surface area contributed by atoms with E-state index in [1.54, 1.807) is 11.3 Å². The molecule has 0 saturated heterocycles. The molecular formula is C26H24ClN5OS. The fourth-order valence-electron chi connectivity index (χ4n) is 5.08. The number of nitrogens with zero attached hydrogens (tertiary/aromatic N) is 3. The SMILES string of the molecule is Cc1nnc2n1-c1sc3c(c1[C@H](c1ccccc1Cl)NC2)C[C@@H](C(=O)NCc1ccccc1)C3. The number of carbonyl (C=O) groups excluding carboxylic acids is 1. The first-order valence-corrected chi connectivity index (χ1v) is 12.6. The van der Waals surface area contributed by atoms with Crippen LogP contribution in [-0.2, 0) is 30.7 Å². The Bertz CT molecular complexity index is 1380. The molecule has 3 heterocycles. The van der Waals surface area contributed by atoms with Crippen molar-refractivity contribution in [2.75, 3.05) is 0 Å². The highest BCUT2D eigenvalue weighted by Gasteiger charge is 2.38. The van der Waals surface area contributed by atoms with E-state index in [0.29, 0.717) is 13.1 Å². The topological polar surface area (TPSA) is 71.8 Å². The van der Waals surface area contributed by atoms with Gasteiger partial charge in [0, 0.05) is 27.9 Å². The molecule has 34 heavy (non-hydrogen) atoms. The summed E-state index contributed by atoms with van der Waals surface area (Å²) >= 11 is 8.41. The van der Waals surface area contributed by atoms with E-state index in [9.17, 15) is 4.79 Å². The Morgan fingerprint density at radius 1 is 1.15 bits per heavy atom. The predicted octanol–water partition coefficient (Wildman–Crippen LogP) is 4.51. The number of aryl methyl sites for hydroxylation is 1. The monoisotopic (exact) mass is 489 g/mol. The highest BCUT2D eigenvalue weighted by molar-refractivity contribution is 7.15. The van der Waals surface area contributed by atoms with Gasteiger partial charge in [0.25, 0.3) is 0 Å². The summed E-state index contributed by atoms with van der Waals surface area (Å²) in [5.74, 6) is 1.81. The number of benzene rings is 2. The Morgan fingerprint density at radius 3 is 2.76 bits per heavy atom. The lowest BCUT2D eigenvalue weighted by Gasteiger charge is -2.20. The van der Waals surface area contributed by atoms with Gasteiger partial charge in [-0.1, -0.05) is 60.1 Å². The molecule has 6 rings (SSSR count). The Hall–Kier alpha value is -3.00. The van der Waals surface area contributed by atoms with Gasteiger partial charge in [0.1, 0.15) is 10.8 Å². The largest absolute Gasteiger partial charge is 0.352 e. The van der Waals surface area contributed by atoms with Crippen molar-refractivity contribution >= 4 is 28.8 Å². The number of thiophene rings is 1. The summed E-state index contributed by atoms with van der Waals surface area (Å²) in [5, 5.41) is 17.4. The number of halogens is 1. The van der Waals surface area contributed by atoms with Gasteiger partial charge in [0.15, 0.2) is 5.82 Å². The van der Waals surface area contributed by atoms with E-state index in [-0.39, 0.29) is 17.9 Å². The van der Waals surface area contributed by atoms with Crippen LogP contribution >= 0.6 is 22.9 Å². The van der Waals surface area contributed by atoms with Crippen LogP contribution in [0.5, 0.6) is 0 Å². The molecule has 0 radical (unpaired) electrons. The Morgan fingerprint density at radius 2 is 1.94 bits per heavy atom. The molecular weight excluding hydrogens is 466 g/mol. The van der Waals surface area contributed by atoms with E-state index in [0.717, 1.165) is 45.6 Å². The molecule has 2 aromatic heterocycles. The van der Waals surface area contributed by atoms with Crippen LogP contribution in [0.15, 0.2) is 54.6 Å². The zero-order chi connectivity index (χ0) is 23.2. The van der Waals surface area contributed by atoms with Gasteiger partial charge in [-0.2, -0.15) is 0 Å². The van der Waals surface area contributed by atoms with Crippen LogP contribution in [0.1, 0.15) is 44.8 Å². The average molecular weight is 490 g/mol. The van der Waals surface area contributed by atoms with Gasteiger partial charge in [0.2, 0.25) is 5.91 Å². The van der Waals surface area contributed by atoms with Crippen molar-refractivity contribution in [3.8, 4) is 5.00 Å². The summed E-state index contributed by atoms with van der Waals surface area (Å²) in [6.07, 6.45) is 1.47. The normalized spacial score (nSPS) is 18.6. The molecule has 0 saturated carbocycles. The van der Waals surface area contributed by atoms with Crippen LogP contribution in [0, 0.1) is 12.8 Å². The molecule has 0 unspecified atom stereocenters. The lowest BCUT2D eigenvalue weighted by atomic mass is 9.95. The zero-order valence-corrected chi connectivity index (χ0v) is 20.3. The maximum atomic E-state index is 13.1. The summed E-state index contributed by atoms with van der Waals surface area (Å²) in [4.78, 5) is 14.3. The number of amides is 1. The molecule has 4 aromatic rings. The number of carbonyl (C=O) groups is 1. The molecule has 2 aromatic carbocycles. The molecule has 2 N–H and O–H groups in total. The molecule has 0 fully saturated rings. The van der Waals surface area contributed by atoms with Crippen molar-refractivity contribution in [2.24, 2.45) is 5.92 Å². The van der Waals surface area contributed by atoms with E-state index < -0.39 is 0 Å². The zero-order valence-electron chi connectivity index (χ0n) is 18.7. The summed E-state index contributed by atoms with van der Waals surface area (Å²) in [5.41, 5.74) is 4.61. The molecule has 2 atom stereocenters. The van der Waals surface area contributed by atoms with Gasteiger partial charge in [-0.05, 0) is 42.5 Å². The number of hydrogen-bond acceptors (Lipinski definition) is 5. The molecule has 2 aliphatic rings. The van der Waals surface area contributed by atoms with Crippen molar-refractivity contribution in [3.63, 3.8) is 0 Å². The highest BCUT2D eigenvalue weighted by atomic mass is 35.5. The quantitative estimate of drug-likeness (QED) is 0.442. The van der Waals surface area contributed by atoms with E-state index in [1.165, 1.54) is 16.0 Å². The standard InChI is InChI=1S/C26H24ClN5OS/c1-15-30-31-22-14-28-24(18-9-5-6-10-20(18)27)23-19-11-17(12-21(19)34-26(23)32(15)22)25(33)29-13-16-7-3-2-4-8-16/h2-10,17,24,28H,11-14H2,1H3,(H,29,33)/t17-,24+/m1/s1. The molecule has 1 aliphatic carbocycles. The maximum Gasteiger partial charge on any atom is 0.224 e. The van der Waals surface area contributed by atoms with E-state index >= 15 is 0 Å². The van der Waals surface area contributed by atoms with Crippen molar-refractivity contribution in [1.82, 2.24) is 25.4 Å². The minimum Gasteiger partial charge on any atom is -0.352 e. The number of rotatable bonds is 4. The van der Waals surface area contributed by atoms with Gasteiger partial charge in [-0.15, -0.1) is 21.5 Å². The predicted molar refractivity (Wildman–Crippen MR) is 133 cm³/mol. The molecule has 1 amide bonds.